The summed E-state index contributed by atoms with van der Waals surface area (Å²) >= 11 is 0. The summed E-state index contributed by atoms with van der Waals surface area (Å²) in [5.41, 5.74) is 16.3. The molecule has 88 heavy (non-hydrogen) atoms. The van der Waals surface area contributed by atoms with E-state index in [4.69, 9.17) is 32.6 Å². The van der Waals surface area contributed by atoms with Crippen LogP contribution in [0.3, 0.4) is 0 Å². The zero-order valence-corrected chi connectivity index (χ0v) is 46.9. The molecule has 0 unspecified atom stereocenters. The van der Waals surface area contributed by atoms with E-state index >= 15 is 0 Å². The maximum atomic E-state index is 7.10. The van der Waals surface area contributed by atoms with Crippen LogP contribution in [0.2, 0.25) is 0 Å². The van der Waals surface area contributed by atoms with Gasteiger partial charge in [0.25, 0.3) is 0 Å². The van der Waals surface area contributed by atoms with E-state index in [1.54, 1.807) is 0 Å². The summed E-state index contributed by atoms with van der Waals surface area (Å²) in [6.07, 6.45) is 9.64. The number of benzene rings is 11. The highest BCUT2D eigenvalue weighted by molar-refractivity contribution is 6.17. The van der Waals surface area contributed by atoms with Gasteiger partial charge in [0, 0.05) is 57.2 Å². The molecule has 0 fully saturated rings. The van der Waals surface area contributed by atoms with Gasteiger partial charge in [-0.2, -0.15) is 0 Å². The first-order chi connectivity index (χ1) is 43.6. The van der Waals surface area contributed by atoms with Crippen molar-refractivity contribution in [3.8, 4) is 11.1 Å². The van der Waals surface area contributed by atoms with Crippen LogP contribution in [0.25, 0.3) is 143 Å². The summed E-state index contributed by atoms with van der Waals surface area (Å²) in [6.45, 7) is 0.567. The average Bonchev–Trinajstić information content (AvgIpc) is 4.49. The molecule has 0 atom stereocenters. The Labute approximate surface area is 501 Å². The molecule has 0 spiro atoms. The lowest BCUT2D eigenvalue weighted by atomic mass is 9.93. The zero-order valence-electron chi connectivity index (χ0n) is 46.9. The number of pyridine rings is 3. The SMILES string of the molecule is C1=C(c2ccc3c(c2)oc2ncc(N(c4ccc(-c5cc6ccccc6c6ccccc56)cc4)c4cccc5c4oc4cccnc45)cc23)CNc2c1oc1c(N(c3ccc4ccc5ccccc5c4c3)c3cncc4c3oc3ccccc34)cccc21. The van der Waals surface area contributed by atoms with Gasteiger partial charge in [-0.05, 0) is 162 Å². The second-order valence-corrected chi connectivity index (χ2v) is 22.7. The van der Waals surface area contributed by atoms with Crippen molar-refractivity contribution in [1.29, 1.82) is 0 Å². The van der Waals surface area contributed by atoms with Crippen LogP contribution >= 0.6 is 0 Å². The van der Waals surface area contributed by atoms with Crippen molar-refractivity contribution in [2.75, 3.05) is 21.7 Å². The first-order valence-corrected chi connectivity index (χ1v) is 29.5. The zero-order chi connectivity index (χ0) is 57.6. The number of para-hydroxylation sites is 3. The van der Waals surface area contributed by atoms with Crippen molar-refractivity contribution < 1.29 is 17.7 Å². The summed E-state index contributed by atoms with van der Waals surface area (Å²) in [5.74, 6) is 0.734. The van der Waals surface area contributed by atoms with Crippen LogP contribution in [0.4, 0.5) is 39.8 Å². The molecule has 1 aliphatic rings. The minimum absolute atomic E-state index is 0.543. The minimum Gasteiger partial charge on any atom is -0.454 e. The van der Waals surface area contributed by atoms with E-state index in [0.717, 1.165) is 144 Å². The van der Waals surface area contributed by atoms with E-state index in [1.807, 2.05) is 55.1 Å². The number of nitrogens with one attached hydrogen (secondary N) is 1. The van der Waals surface area contributed by atoms with Gasteiger partial charge in [0.15, 0.2) is 28.1 Å². The van der Waals surface area contributed by atoms with Gasteiger partial charge >= 0.3 is 0 Å². The normalized spacial score (nSPS) is 12.7. The lowest BCUT2D eigenvalue weighted by Gasteiger charge is -2.25. The summed E-state index contributed by atoms with van der Waals surface area (Å²) in [6, 6.07) is 81.1. The average molecular weight is 1130 g/mol. The first-order valence-electron chi connectivity index (χ1n) is 29.5. The number of anilines is 7. The third-order valence-corrected chi connectivity index (χ3v) is 17.8. The molecule has 19 rings (SSSR count). The molecule has 0 saturated heterocycles. The van der Waals surface area contributed by atoms with Crippen LogP contribution in [0.1, 0.15) is 11.3 Å². The van der Waals surface area contributed by atoms with Crippen molar-refractivity contribution in [2.24, 2.45) is 0 Å². The second kappa shape index (κ2) is 18.7. The van der Waals surface area contributed by atoms with Crippen LogP contribution in [0.5, 0.6) is 0 Å². The molecule has 0 aliphatic carbocycles. The Balaban J connectivity index is 0.714. The Kier molecular flexibility index (Phi) is 10.3. The van der Waals surface area contributed by atoms with Crippen molar-refractivity contribution in [3.05, 3.63) is 267 Å². The molecule has 10 nitrogen and oxygen atoms in total. The highest BCUT2D eigenvalue weighted by Crippen LogP contribution is 2.50. The summed E-state index contributed by atoms with van der Waals surface area (Å²) in [5, 5.41) is 19.0. The fourth-order valence-corrected chi connectivity index (χ4v) is 13.7. The van der Waals surface area contributed by atoms with Gasteiger partial charge in [-0.25, -0.2) is 4.98 Å². The fourth-order valence-electron chi connectivity index (χ4n) is 13.7. The smallest absolute Gasteiger partial charge is 0.227 e. The van der Waals surface area contributed by atoms with Gasteiger partial charge in [0.1, 0.15) is 22.4 Å². The quantitative estimate of drug-likeness (QED) is 0.148. The molecule has 8 heterocycles. The largest absolute Gasteiger partial charge is 0.454 e. The molecule has 1 N–H and O–H groups in total. The molecule has 412 valence electrons. The highest BCUT2D eigenvalue weighted by atomic mass is 16.3. The first kappa shape index (κ1) is 48.4. The van der Waals surface area contributed by atoms with E-state index in [-0.39, 0.29) is 0 Å². The number of furan rings is 4. The van der Waals surface area contributed by atoms with Gasteiger partial charge in [-0.1, -0.05) is 140 Å². The molecule has 11 aromatic carbocycles. The Hall–Kier alpha value is -12.0. The van der Waals surface area contributed by atoms with Gasteiger partial charge < -0.3 is 32.8 Å². The third kappa shape index (κ3) is 7.32. The standard InChI is InChI=1S/C78H46N6O4/c1-3-14-54-45(12-1)25-26-46-29-33-52(39-63(46)54)84(68-44-79-43-65-58-18-7-8-23-69(58)85-77(65)68)67-22-10-20-61-74-72(87-76(61)67)38-50(41-81-74)48-30-34-59-64-40-53(42-82-78(64)88-71(59)37-48)83(66-21-9-19-60-73-70(86-75(60)66)24-11-35-80-73)51-31-27-47(28-32-51)62-36-49-13-2-4-15-55(49)56-16-5-6-17-57(56)62/h1-40,42-44,81H,41H2. The Bertz CT molecular complexity index is 5990. The van der Waals surface area contributed by atoms with Gasteiger partial charge in [0.05, 0.1) is 40.5 Å². The van der Waals surface area contributed by atoms with Gasteiger partial charge in [-0.3, -0.25) is 9.97 Å². The van der Waals surface area contributed by atoms with E-state index < -0.39 is 0 Å². The Morgan fingerprint density at radius 3 is 1.89 bits per heavy atom. The summed E-state index contributed by atoms with van der Waals surface area (Å²) in [4.78, 5) is 19.1. The van der Waals surface area contributed by atoms with Crippen molar-refractivity contribution in [2.45, 2.75) is 0 Å². The van der Waals surface area contributed by atoms with Crippen LogP contribution in [0, 0.1) is 0 Å². The van der Waals surface area contributed by atoms with Crippen LogP contribution in [0.15, 0.2) is 273 Å². The molecular formula is C78H46N6O4. The van der Waals surface area contributed by atoms with E-state index in [2.05, 4.69) is 221 Å². The monoisotopic (exact) mass is 1130 g/mol. The highest BCUT2D eigenvalue weighted by Gasteiger charge is 2.28. The number of rotatable bonds is 8. The minimum atomic E-state index is 0.543. The van der Waals surface area contributed by atoms with Gasteiger partial charge in [0.2, 0.25) is 5.71 Å². The van der Waals surface area contributed by atoms with E-state index in [1.165, 1.54) is 37.9 Å². The van der Waals surface area contributed by atoms with E-state index in [9.17, 15) is 0 Å². The van der Waals surface area contributed by atoms with Crippen molar-refractivity contribution in [1.82, 2.24) is 15.0 Å². The van der Waals surface area contributed by atoms with Gasteiger partial charge in [-0.15, -0.1) is 0 Å². The van der Waals surface area contributed by atoms with Crippen LogP contribution in [-0.2, 0) is 0 Å². The molecule has 0 amide bonds. The van der Waals surface area contributed by atoms with Crippen LogP contribution in [-0.4, -0.2) is 21.5 Å². The third-order valence-electron chi connectivity index (χ3n) is 17.8. The van der Waals surface area contributed by atoms with Crippen molar-refractivity contribution >= 4 is 172 Å². The fraction of sp³-hybridized carbons (Fsp3) is 0.0128. The van der Waals surface area contributed by atoms with Crippen molar-refractivity contribution in [3.63, 3.8) is 0 Å². The Morgan fingerprint density at radius 2 is 1.01 bits per heavy atom. The predicted octanol–water partition coefficient (Wildman–Crippen LogP) is 21.5. The molecule has 0 saturated carbocycles. The number of hydrogen-bond acceptors (Lipinski definition) is 10. The molecular weight excluding hydrogens is 1080 g/mol. The molecule has 0 bridgehead atoms. The lowest BCUT2D eigenvalue weighted by molar-refractivity contribution is 0.605. The summed E-state index contributed by atoms with van der Waals surface area (Å²) < 4.78 is 27.2. The molecule has 1 aliphatic heterocycles. The number of aromatic nitrogens is 3. The molecule has 18 aromatic rings. The number of nitrogens with zero attached hydrogens (tertiary/aromatic N) is 5. The summed E-state index contributed by atoms with van der Waals surface area (Å²) in [7, 11) is 0. The number of fused-ring (bicyclic) bond motifs is 18. The number of hydrogen-bond donors (Lipinski definition) is 1. The lowest BCUT2D eigenvalue weighted by Crippen LogP contribution is -2.11. The molecule has 0 radical (unpaired) electrons. The Morgan fingerprint density at radius 1 is 0.364 bits per heavy atom. The maximum Gasteiger partial charge on any atom is 0.227 e. The second-order valence-electron chi connectivity index (χ2n) is 22.7. The maximum absolute atomic E-state index is 7.10. The topological polar surface area (TPSA) is 110 Å². The predicted molar refractivity (Wildman–Crippen MR) is 359 cm³/mol. The van der Waals surface area contributed by atoms with Crippen LogP contribution < -0.4 is 15.1 Å². The molecule has 7 aromatic heterocycles. The molecule has 10 heteroatoms. The van der Waals surface area contributed by atoms with E-state index in [0.29, 0.717) is 12.3 Å².